The first kappa shape index (κ1) is 18.2. The summed E-state index contributed by atoms with van der Waals surface area (Å²) in [5.74, 6) is -0.295. The molecular weight excluding hydrogens is 383 g/mol. The third-order valence-corrected chi connectivity index (χ3v) is 7.14. The smallest absolute Gasteiger partial charge is 0.266 e. The minimum absolute atomic E-state index is 0.0891. The maximum Gasteiger partial charge on any atom is 0.266 e. The number of anilines is 1. The zero-order valence-corrected chi connectivity index (χ0v) is 16.9. The number of hydrogen-bond acceptors (Lipinski definition) is 6. The second-order valence-corrected chi connectivity index (χ2v) is 9.16. The van der Waals surface area contributed by atoms with Gasteiger partial charge < -0.3 is 10.6 Å². The Morgan fingerprint density at radius 3 is 2.74 bits per heavy atom. The molecule has 0 aliphatic carbocycles. The summed E-state index contributed by atoms with van der Waals surface area (Å²) >= 11 is 2.76. The van der Waals surface area contributed by atoms with E-state index < -0.39 is 0 Å². The van der Waals surface area contributed by atoms with Crippen LogP contribution in [0.3, 0.4) is 0 Å². The largest absolute Gasteiger partial charge is 0.397 e. The number of thiophene rings is 1. The van der Waals surface area contributed by atoms with Crippen molar-refractivity contribution < 1.29 is 9.18 Å². The van der Waals surface area contributed by atoms with Crippen LogP contribution in [0.15, 0.2) is 23.1 Å². The van der Waals surface area contributed by atoms with E-state index >= 15 is 0 Å². The van der Waals surface area contributed by atoms with Gasteiger partial charge in [0.1, 0.15) is 15.5 Å². The van der Waals surface area contributed by atoms with Gasteiger partial charge in [-0.1, -0.05) is 6.07 Å². The summed E-state index contributed by atoms with van der Waals surface area (Å²) in [6.07, 6.45) is 0. The molecular formula is C19H19FN4OS2. The van der Waals surface area contributed by atoms with E-state index in [-0.39, 0.29) is 17.0 Å². The summed E-state index contributed by atoms with van der Waals surface area (Å²) in [5.41, 5.74) is 9.41. The van der Waals surface area contributed by atoms with Gasteiger partial charge in [-0.05, 0) is 44.0 Å². The van der Waals surface area contributed by atoms with Crippen molar-refractivity contribution in [3.63, 3.8) is 0 Å². The average Bonchev–Trinajstić information content (AvgIpc) is 2.92. The Labute approximate surface area is 164 Å². The Hall–Kier alpha value is -2.19. The van der Waals surface area contributed by atoms with Gasteiger partial charge in [0, 0.05) is 28.6 Å². The first-order valence-electron chi connectivity index (χ1n) is 8.59. The zero-order valence-electron chi connectivity index (χ0n) is 15.2. The van der Waals surface area contributed by atoms with Gasteiger partial charge in [0.05, 0.1) is 11.4 Å². The van der Waals surface area contributed by atoms with Gasteiger partial charge in [-0.2, -0.15) is 5.10 Å². The van der Waals surface area contributed by atoms with Gasteiger partial charge in [-0.3, -0.25) is 4.79 Å². The third kappa shape index (κ3) is 3.17. The number of hydrogen-bond donors (Lipinski definition) is 1. The maximum absolute atomic E-state index is 14.0. The summed E-state index contributed by atoms with van der Waals surface area (Å²) < 4.78 is 14.0. The minimum Gasteiger partial charge on any atom is -0.397 e. The van der Waals surface area contributed by atoms with Crippen molar-refractivity contribution in [1.82, 2.24) is 15.1 Å². The highest BCUT2D eigenvalue weighted by atomic mass is 32.2. The van der Waals surface area contributed by atoms with Gasteiger partial charge in [-0.25, -0.2) is 4.39 Å². The molecule has 27 heavy (non-hydrogen) atoms. The van der Waals surface area contributed by atoms with Gasteiger partial charge in [0.25, 0.3) is 5.91 Å². The Morgan fingerprint density at radius 2 is 2.04 bits per heavy atom. The molecule has 0 radical (unpaired) electrons. The summed E-state index contributed by atoms with van der Waals surface area (Å²) in [5, 5.41) is 9.29. The highest BCUT2D eigenvalue weighted by molar-refractivity contribution is 8.00. The number of carbonyl (C=O) groups is 1. The normalized spacial score (nSPS) is 14.6. The lowest BCUT2D eigenvalue weighted by Crippen LogP contribution is -2.51. The molecule has 1 amide bonds. The average molecular weight is 403 g/mol. The first-order valence-corrected chi connectivity index (χ1v) is 10.3. The minimum atomic E-state index is -0.206. The molecule has 1 aromatic carbocycles. The second-order valence-electron chi connectivity index (χ2n) is 6.82. The SMILES string of the molecule is Cc1ccc(SC2CN(C(=O)c3sc4nnc(C)c(C)c4c3N)C2)c(F)c1. The van der Waals surface area contributed by atoms with Crippen molar-refractivity contribution in [1.29, 1.82) is 0 Å². The van der Waals surface area contributed by atoms with Gasteiger partial charge in [0.2, 0.25) is 0 Å². The monoisotopic (exact) mass is 402 g/mol. The number of halogens is 1. The lowest BCUT2D eigenvalue weighted by molar-refractivity contribution is 0.0670. The van der Waals surface area contributed by atoms with Crippen LogP contribution in [-0.4, -0.2) is 39.3 Å². The summed E-state index contributed by atoms with van der Waals surface area (Å²) in [7, 11) is 0. The fraction of sp³-hybridized carbons (Fsp3) is 0.316. The standard InChI is InChI=1S/C19H19FN4OS2/c1-9-4-5-14(13(20)6-9)26-12-7-24(8-12)19(25)17-16(21)15-10(2)11(3)22-23-18(15)27-17/h4-6,12H,7-8,21H2,1-3H3. The van der Waals surface area contributed by atoms with Gasteiger partial charge in [0.15, 0.2) is 0 Å². The molecule has 8 heteroatoms. The summed E-state index contributed by atoms with van der Waals surface area (Å²) in [4.78, 5) is 16.4. The quantitative estimate of drug-likeness (QED) is 0.718. The molecule has 5 nitrogen and oxygen atoms in total. The highest BCUT2D eigenvalue weighted by Crippen LogP contribution is 2.38. The number of aryl methyl sites for hydroxylation is 3. The molecule has 2 aromatic heterocycles. The molecule has 0 unspecified atom stereocenters. The Bertz CT molecular complexity index is 1060. The molecule has 3 aromatic rings. The molecule has 1 fully saturated rings. The summed E-state index contributed by atoms with van der Waals surface area (Å²) in [6, 6.07) is 5.23. The topological polar surface area (TPSA) is 72.1 Å². The molecule has 2 N–H and O–H groups in total. The van der Waals surface area contributed by atoms with Crippen molar-refractivity contribution >= 4 is 44.9 Å². The molecule has 0 spiro atoms. The number of carbonyl (C=O) groups excluding carboxylic acids is 1. The lowest BCUT2D eigenvalue weighted by atomic mass is 10.1. The number of benzene rings is 1. The van der Waals surface area contributed by atoms with E-state index in [0.717, 1.165) is 22.2 Å². The van der Waals surface area contributed by atoms with Crippen LogP contribution in [0, 0.1) is 26.6 Å². The molecule has 0 saturated carbocycles. The van der Waals surface area contributed by atoms with E-state index in [9.17, 15) is 9.18 Å². The van der Waals surface area contributed by atoms with Crippen molar-refractivity contribution in [3.05, 3.63) is 45.7 Å². The number of aromatic nitrogens is 2. The van der Waals surface area contributed by atoms with Crippen LogP contribution in [0.4, 0.5) is 10.1 Å². The van der Waals surface area contributed by atoms with Crippen molar-refractivity contribution in [2.24, 2.45) is 0 Å². The number of nitrogens with two attached hydrogens (primary N) is 1. The maximum atomic E-state index is 14.0. The number of likely N-dealkylation sites (tertiary alicyclic amines) is 1. The molecule has 3 heterocycles. The predicted octanol–water partition coefficient (Wildman–Crippen LogP) is 3.95. The van der Waals surface area contributed by atoms with Crippen molar-refractivity contribution in [2.45, 2.75) is 30.9 Å². The molecule has 4 rings (SSSR count). The molecule has 0 bridgehead atoms. The highest BCUT2D eigenvalue weighted by Gasteiger charge is 2.34. The van der Waals surface area contributed by atoms with E-state index in [0.29, 0.717) is 33.4 Å². The zero-order chi connectivity index (χ0) is 19.3. The summed E-state index contributed by atoms with van der Waals surface area (Å²) in [6.45, 7) is 6.84. The van der Waals surface area contributed by atoms with Crippen LogP contribution >= 0.6 is 23.1 Å². The van der Waals surface area contributed by atoms with Crippen LogP contribution in [0.5, 0.6) is 0 Å². The number of fused-ring (bicyclic) bond motifs is 1. The molecule has 0 atom stereocenters. The number of amides is 1. The van der Waals surface area contributed by atoms with Crippen molar-refractivity contribution in [3.8, 4) is 0 Å². The number of rotatable bonds is 3. The van der Waals surface area contributed by atoms with Crippen LogP contribution in [0.2, 0.25) is 0 Å². The van der Waals surface area contributed by atoms with E-state index in [1.165, 1.54) is 29.2 Å². The fourth-order valence-electron chi connectivity index (χ4n) is 3.10. The number of thioether (sulfide) groups is 1. The third-order valence-electron chi connectivity index (χ3n) is 4.85. The lowest BCUT2D eigenvalue weighted by Gasteiger charge is -2.38. The fourth-order valence-corrected chi connectivity index (χ4v) is 5.36. The van der Waals surface area contributed by atoms with Gasteiger partial charge >= 0.3 is 0 Å². The molecule has 140 valence electrons. The van der Waals surface area contributed by atoms with Crippen LogP contribution in [0.1, 0.15) is 26.5 Å². The van der Waals surface area contributed by atoms with Crippen LogP contribution in [0.25, 0.3) is 10.2 Å². The Balaban J connectivity index is 1.48. The van der Waals surface area contributed by atoms with Crippen molar-refractivity contribution in [2.75, 3.05) is 18.8 Å². The molecule has 1 aliphatic heterocycles. The van der Waals surface area contributed by atoms with Gasteiger partial charge in [-0.15, -0.1) is 28.2 Å². The van der Waals surface area contributed by atoms with E-state index in [1.54, 1.807) is 11.0 Å². The van der Waals surface area contributed by atoms with Crippen LogP contribution in [-0.2, 0) is 0 Å². The molecule has 1 saturated heterocycles. The number of nitrogen functional groups attached to an aromatic ring is 1. The van der Waals surface area contributed by atoms with E-state index in [2.05, 4.69) is 10.2 Å². The predicted molar refractivity (Wildman–Crippen MR) is 108 cm³/mol. The van der Waals surface area contributed by atoms with E-state index in [4.69, 9.17) is 5.73 Å². The second kappa shape index (κ2) is 6.76. The molecule has 1 aliphatic rings. The number of nitrogens with zero attached hydrogens (tertiary/aromatic N) is 3. The van der Waals surface area contributed by atoms with Crippen LogP contribution < -0.4 is 5.73 Å². The Kier molecular flexibility index (Phi) is 4.55. The first-order chi connectivity index (χ1) is 12.8. The Morgan fingerprint density at radius 1 is 1.30 bits per heavy atom. The van der Waals surface area contributed by atoms with E-state index in [1.807, 2.05) is 26.8 Å².